The molecule has 1 aromatic heterocycles. The Kier molecular flexibility index (Phi) is 5.79. The van der Waals surface area contributed by atoms with Gasteiger partial charge in [-0.3, -0.25) is 0 Å². The summed E-state index contributed by atoms with van der Waals surface area (Å²) in [6, 6.07) is 0. The predicted molar refractivity (Wildman–Crippen MR) is 87.1 cm³/mol. The summed E-state index contributed by atoms with van der Waals surface area (Å²) >= 11 is 0. The Morgan fingerprint density at radius 3 is 2.48 bits per heavy atom. The van der Waals surface area contributed by atoms with Crippen molar-refractivity contribution in [2.24, 2.45) is 0 Å². The zero-order valence-electron chi connectivity index (χ0n) is 13.7. The van der Waals surface area contributed by atoms with E-state index >= 15 is 0 Å². The van der Waals surface area contributed by atoms with E-state index < -0.39 is 0 Å². The molecule has 1 saturated carbocycles. The van der Waals surface area contributed by atoms with Crippen LogP contribution in [0.3, 0.4) is 0 Å². The highest BCUT2D eigenvalue weighted by Crippen LogP contribution is 2.23. The lowest BCUT2D eigenvalue weighted by atomic mass is 10.2. The maximum atomic E-state index is 5.88. The van der Waals surface area contributed by atoms with Gasteiger partial charge in [-0.1, -0.05) is 26.7 Å². The Morgan fingerprint density at radius 2 is 1.86 bits per heavy atom. The summed E-state index contributed by atoms with van der Waals surface area (Å²) in [7, 11) is 1.90. The molecule has 5 heteroatoms. The van der Waals surface area contributed by atoms with Crippen molar-refractivity contribution in [1.82, 2.24) is 9.97 Å². The maximum Gasteiger partial charge on any atom is 0.135 e. The zero-order valence-corrected chi connectivity index (χ0v) is 13.7. The molecule has 1 fully saturated rings. The minimum absolute atomic E-state index is 0.313. The summed E-state index contributed by atoms with van der Waals surface area (Å²) in [6.07, 6.45) is 5.53. The average Bonchev–Trinajstić information content (AvgIpc) is 2.98. The van der Waals surface area contributed by atoms with Crippen molar-refractivity contribution in [3.63, 3.8) is 0 Å². The monoisotopic (exact) mass is 292 g/mol. The fraction of sp³-hybridized carbons (Fsp3) is 0.750. The first-order chi connectivity index (χ1) is 10.1. The molecule has 1 aliphatic rings. The van der Waals surface area contributed by atoms with E-state index in [-0.39, 0.29) is 0 Å². The molecule has 21 heavy (non-hydrogen) atoms. The average molecular weight is 292 g/mol. The molecule has 0 radical (unpaired) electrons. The second-order valence-electron chi connectivity index (χ2n) is 6.01. The van der Waals surface area contributed by atoms with Crippen molar-refractivity contribution in [2.45, 2.75) is 58.5 Å². The molecular weight excluding hydrogens is 264 g/mol. The van der Waals surface area contributed by atoms with Crippen molar-refractivity contribution in [1.29, 1.82) is 0 Å². The highest BCUT2D eigenvalue weighted by Gasteiger charge is 2.15. The van der Waals surface area contributed by atoms with Gasteiger partial charge in [0.1, 0.15) is 17.5 Å². The molecule has 0 spiro atoms. The molecule has 0 atom stereocenters. The van der Waals surface area contributed by atoms with E-state index in [0.717, 1.165) is 36.2 Å². The smallest absolute Gasteiger partial charge is 0.135 e. The molecule has 0 saturated heterocycles. The first kappa shape index (κ1) is 16.0. The molecule has 0 amide bonds. The molecule has 2 N–H and O–H groups in total. The van der Waals surface area contributed by atoms with Crippen LogP contribution in [0.25, 0.3) is 0 Å². The van der Waals surface area contributed by atoms with Crippen LogP contribution in [0.5, 0.6) is 0 Å². The predicted octanol–water partition coefficient (Wildman–Crippen LogP) is 3.32. The Balaban J connectivity index is 1.92. The summed E-state index contributed by atoms with van der Waals surface area (Å²) in [5, 5.41) is 6.53. The van der Waals surface area contributed by atoms with Crippen molar-refractivity contribution in [2.75, 3.05) is 30.8 Å². The Hall–Kier alpha value is -1.36. The lowest BCUT2D eigenvalue weighted by Gasteiger charge is -2.16. The molecular formula is C16H28N4O. The van der Waals surface area contributed by atoms with Gasteiger partial charge in [-0.15, -0.1) is 0 Å². The molecule has 118 valence electrons. The number of aromatic nitrogens is 2. The van der Waals surface area contributed by atoms with Crippen LogP contribution in [0.2, 0.25) is 0 Å². The van der Waals surface area contributed by atoms with Gasteiger partial charge in [-0.2, -0.15) is 0 Å². The lowest BCUT2D eigenvalue weighted by Crippen LogP contribution is -2.17. The first-order valence-electron chi connectivity index (χ1n) is 8.03. The van der Waals surface area contributed by atoms with Gasteiger partial charge in [0.15, 0.2) is 0 Å². The van der Waals surface area contributed by atoms with Crippen molar-refractivity contribution in [3.8, 4) is 0 Å². The van der Waals surface area contributed by atoms with Gasteiger partial charge in [-0.25, -0.2) is 9.97 Å². The van der Waals surface area contributed by atoms with E-state index in [1.807, 2.05) is 14.0 Å². The summed E-state index contributed by atoms with van der Waals surface area (Å²) in [4.78, 5) is 9.18. The molecule has 1 aromatic rings. The highest BCUT2D eigenvalue weighted by atomic mass is 16.5. The molecule has 1 aliphatic carbocycles. The summed E-state index contributed by atoms with van der Waals surface area (Å²) in [5.41, 5.74) is 1.06. The van der Waals surface area contributed by atoms with E-state index in [4.69, 9.17) is 4.74 Å². The number of nitrogens with one attached hydrogen (secondary N) is 2. The van der Waals surface area contributed by atoms with E-state index in [2.05, 4.69) is 34.4 Å². The molecule has 5 nitrogen and oxygen atoms in total. The van der Waals surface area contributed by atoms with E-state index in [1.54, 1.807) is 0 Å². The Bertz CT molecular complexity index is 456. The molecule has 0 bridgehead atoms. The normalized spacial score (nSPS) is 15.7. The van der Waals surface area contributed by atoms with Gasteiger partial charge in [0.25, 0.3) is 0 Å². The number of nitrogens with zero attached hydrogens (tertiary/aromatic N) is 2. The maximum absolute atomic E-state index is 5.88. The van der Waals surface area contributed by atoms with Crippen molar-refractivity contribution >= 4 is 11.6 Å². The fourth-order valence-electron chi connectivity index (χ4n) is 2.66. The Morgan fingerprint density at radius 1 is 1.19 bits per heavy atom. The fourth-order valence-corrected chi connectivity index (χ4v) is 2.66. The quantitative estimate of drug-likeness (QED) is 0.755. The minimum Gasteiger partial charge on any atom is -0.376 e. The molecule has 0 aromatic carbocycles. The molecule has 0 unspecified atom stereocenters. The molecule has 1 heterocycles. The SMILES string of the molecule is CNc1nc(C(C)C)nc(NCCOC2CCCC2)c1C. The minimum atomic E-state index is 0.313. The zero-order chi connectivity index (χ0) is 15.2. The second-order valence-corrected chi connectivity index (χ2v) is 6.01. The van der Waals surface area contributed by atoms with Crippen LogP contribution >= 0.6 is 0 Å². The van der Waals surface area contributed by atoms with Crippen LogP contribution in [0.15, 0.2) is 0 Å². The van der Waals surface area contributed by atoms with Crippen LogP contribution in [0.4, 0.5) is 11.6 Å². The lowest BCUT2D eigenvalue weighted by molar-refractivity contribution is 0.0658. The van der Waals surface area contributed by atoms with Gasteiger partial charge >= 0.3 is 0 Å². The molecule has 2 rings (SSSR count). The van der Waals surface area contributed by atoms with Crippen molar-refractivity contribution in [3.05, 3.63) is 11.4 Å². The van der Waals surface area contributed by atoms with Crippen LogP contribution < -0.4 is 10.6 Å². The van der Waals surface area contributed by atoms with E-state index in [1.165, 1.54) is 25.7 Å². The van der Waals surface area contributed by atoms with Gasteiger partial charge in [0.05, 0.1) is 12.7 Å². The highest BCUT2D eigenvalue weighted by molar-refractivity contribution is 5.57. The van der Waals surface area contributed by atoms with Crippen LogP contribution in [-0.4, -0.2) is 36.3 Å². The third-order valence-corrected chi connectivity index (χ3v) is 3.97. The van der Waals surface area contributed by atoms with Gasteiger partial charge < -0.3 is 15.4 Å². The first-order valence-corrected chi connectivity index (χ1v) is 8.03. The Labute approximate surface area is 127 Å². The van der Waals surface area contributed by atoms with Gasteiger partial charge in [-0.05, 0) is 19.8 Å². The van der Waals surface area contributed by atoms with Gasteiger partial charge in [0, 0.05) is 25.1 Å². The number of anilines is 2. The van der Waals surface area contributed by atoms with Crippen LogP contribution in [-0.2, 0) is 4.74 Å². The molecule has 0 aliphatic heterocycles. The van der Waals surface area contributed by atoms with Crippen molar-refractivity contribution < 1.29 is 4.74 Å². The number of rotatable bonds is 7. The number of hydrogen-bond donors (Lipinski definition) is 2. The van der Waals surface area contributed by atoms with Crippen LogP contribution in [0.1, 0.15) is 56.8 Å². The standard InChI is InChI=1S/C16H28N4O/c1-11(2)14-19-15(17-4)12(3)16(20-14)18-9-10-21-13-7-5-6-8-13/h11,13H,5-10H2,1-4H3,(H2,17,18,19,20). The largest absolute Gasteiger partial charge is 0.376 e. The van der Waals surface area contributed by atoms with E-state index in [0.29, 0.717) is 12.0 Å². The third kappa shape index (κ3) is 4.30. The number of hydrogen-bond acceptors (Lipinski definition) is 5. The number of ether oxygens (including phenoxy) is 1. The summed E-state index contributed by atoms with van der Waals surface area (Å²) in [5.74, 6) is 2.98. The summed E-state index contributed by atoms with van der Waals surface area (Å²) in [6.45, 7) is 7.78. The summed E-state index contributed by atoms with van der Waals surface area (Å²) < 4.78 is 5.88. The van der Waals surface area contributed by atoms with Gasteiger partial charge in [0.2, 0.25) is 0 Å². The second kappa shape index (κ2) is 7.59. The van der Waals surface area contributed by atoms with Crippen LogP contribution in [0, 0.1) is 6.92 Å². The third-order valence-electron chi connectivity index (χ3n) is 3.97. The van der Waals surface area contributed by atoms with E-state index in [9.17, 15) is 0 Å². The topological polar surface area (TPSA) is 59.1 Å².